The van der Waals surface area contributed by atoms with E-state index in [4.69, 9.17) is 0 Å². The molecule has 0 unspecified atom stereocenters. The molecule has 0 spiro atoms. The molecule has 1 heteroatoms. The van der Waals surface area contributed by atoms with E-state index < -0.39 is 0 Å². The second-order valence-electron chi connectivity index (χ2n) is 2.64. The fourth-order valence-electron chi connectivity index (χ4n) is 1.04. The second-order valence-corrected chi connectivity index (χ2v) is 2.64. The highest BCUT2D eigenvalue weighted by molar-refractivity contribution is 5.73. The van der Waals surface area contributed by atoms with Crippen molar-refractivity contribution >= 4 is 6.29 Å². The van der Waals surface area contributed by atoms with Crippen LogP contribution in [-0.2, 0) is 11.2 Å². The molecule has 1 aromatic carbocycles. The fraction of sp³-hybridized carbons (Fsp3) is 0.182. The van der Waals surface area contributed by atoms with Gasteiger partial charge in [0.15, 0.2) is 0 Å². The van der Waals surface area contributed by atoms with Gasteiger partial charge in [-0.1, -0.05) is 36.4 Å². The Morgan fingerprint density at radius 1 is 1.33 bits per heavy atom. The van der Waals surface area contributed by atoms with Crippen LogP contribution in [-0.4, -0.2) is 6.29 Å². The molecule has 0 bridgehead atoms. The minimum atomic E-state index is 0.737. The molecule has 0 heterocycles. The van der Waals surface area contributed by atoms with Gasteiger partial charge in [0.25, 0.3) is 0 Å². The van der Waals surface area contributed by atoms with Gasteiger partial charge in [0.1, 0.15) is 6.29 Å². The van der Waals surface area contributed by atoms with E-state index in [0.717, 1.165) is 18.3 Å². The van der Waals surface area contributed by atoms with E-state index in [-0.39, 0.29) is 0 Å². The van der Waals surface area contributed by atoms with Crippen LogP contribution >= 0.6 is 0 Å². The van der Waals surface area contributed by atoms with Crippen LogP contribution in [0.4, 0.5) is 0 Å². The van der Waals surface area contributed by atoms with Gasteiger partial charge in [-0.2, -0.15) is 0 Å². The van der Waals surface area contributed by atoms with Crippen LogP contribution in [0.25, 0.3) is 0 Å². The molecule has 0 saturated carbocycles. The molecule has 1 rings (SSSR count). The van der Waals surface area contributed by atoms with Crippen LogP contribution in [0.15, 0.2) is 42.0 Å². The van der Waals surface area contributed by atoms with Crippen molar-refractivity contribution in [3.8, 4) is 0 Å². The minimum Gasteiger partial charge on any atom is -0.298 e. The molecular formula is C11H12O. The average Bonchev–Trinajstić information content (AvgIpc) is 2.16. The first-order chi connectivity index (χ1) is 5.86. The molecule has 1 aromatic rings. The van der Waals surface area contributed by atoms with Gasteiger partial charge in [0.05, 0.1) is 0 Å². The van der Waals surface area contributed by atoms with Crippen molar-refractivity contribution in [2.24, 2.45) is 0 Å². The van der Waals surface area contributed by atoms with Gasteiger partial charge in [-0.05, 0) is 18.1 Å². The van der Waals surface area contributed by atoms with Gasteiger partial charge in [-0.25, -0.2) is 0 Å². The van der Waals surface area contributed by atoms with Gasteiger partial charge in [0, 0.05) is 6.42 Å². The average molecular weight is 160 g/mol. The van der Waals surface area contributed by atoms with Crippen LogP contribution in [0, 0.1) is 0 Å². The number of carbonyl (C=O) groups excluding carboxylic acids is 1. The molecule has 0 aromatic heterocycles. The zero-order valence-corrected chi connectivity index (χ0v) is 7.16. The Balaban J connectivity index is 2.70. The number of aldehydes is 1. The first-order valence-corrected chi connectivity index (χ1v) is 4.01. The molecule has 0 aliphatic rings. The summed E-state index contributed by atoms with van der Waals surface area (Å²) >= 11 is 0. The molecule has 0 fully saturated rings. The minimum absolute atomic E-state index is 0.737. The summed E-state index contributed by atoms with van der Waals surface area (Å²) in [5.74, 6) is 0. The van der Waals surface area contributed by atoms with Gasteiger partial charge < -0.3 is 0 Å². The maximum absolute atomic E-state index is 10.5. The zero-order chi connectivity index (χ0) is 8.81. The first-order valence-electron chi connectivity index (χ1n) is 4.01. The lowest BCUT2D eigenvalue weighted by atomic mass is 10.1. The summed E-state index contributed by atoms with van der Waals surface area (Å²) in [5.41, 5.74) is 2.01. The van der Waals surface area contributed by atoms with E-state index in [1.807, 2.05) is 43.3 Å². The highest BCUT2D eigenvalue weighted by Gasteiger charge is 1.94. The van der Waals surface area contributed by atoms with Crippen LogP contribution in [0.5, 0.6) is 0 Å². The number of allylic oxidation sites excluding steroid dienone is 2. The van der Waals surface area contributed by atoms with Crippen LogP contribution in [0.1, 0.15) is 12.5 Å². The summed E-state index contributed by atoms with van der Waals surface area (Å²) < 4.78 is 0. The molecule has 62 valence electrons. The topological polar surface area (TPSA) is 17.1 Å². The molecule has 0 saturated heterocycles. The second kappa shape index (κ2) is 4.50. The van der Waals surface area contributed by atoms with Crippen molar-refractivity contribution in [2.45, 2.75) is 13.3 Å². The van der Waals surface area contributed by atoms with Crippen molar-refractivity contribution in [3.05, 3.63) is 47.5 Å². The van der Waals surface area contributed by atoms with E-state index in [0.29, 0.717) is 0 Å². The van der Waals surface area contributed by atoms with Crippen molar-refractivity contribution in [3.63, 3.8) is 0 Å². The smallest absolute Gasteiger partial charge is 0.146 e. The highest BCUT2D eigenvalue weighted by Crippen LogP contribution is 2.05. The fourth-order valence-corrected chi connectivity index (χ4v) is 1.04. The summed E-state index contributed by atoms with van der Waals surface area (Å²) in [6, 6.07) is 9.97. The molecule has 0 N–H and O–H groups in total. The number of hydrogen-bond acceptors (Lipinski definition) is 1. The molecule has 0 aliphatic heterocycles. The third-order valence-electron chi connectivity index (χ3n) is 1.77. The molecule has 0 radical (unpaired) electrons. The molecule has 1 nitrogen and oxygen atoms in total. The monoisotopic (exact) mass is 160 g/mol. The number of benzene rings is 1. The summed E-state index contributed by atoms with van der Waals surface area (Å²) in [7, 11) is 0. The molecule has 0 aliphatic carbocycles. The molecule has 0 amide bonds. The summed E-state index contributed by atoms with van der Waals surface area (Å²) in [5, 5.41) is 0. The van der Waals surface area contributed by atoms with Crippen molar-refractivity contribution in [2.75, 3.05) is 0 Å². The van der Waals surface area contributed by atoms with Crippen molar-refractivity contribution < 1.29 is 4.79 Å². The quantitative estimate of drug-likeness (QED) is 0.490. The molecular weight excluding hydrogens is 148 g/mol. The van der Waals surface area contributed by atoms with E-state index in [1.54, 1.807) is 0 Å². The normalized spacial score (nSPS) is 11.2. The third kappa shape index (κ3) is 2.35. The van der Waals surface area contributed by atoms with Gasteiger partial charge in [-0.3, -0.25) is 4.79 Å². The lowest BCUT2D eigenvalue weighted by Gasteiger charge is -1.98. The SMILES string of the molecule is C/C=C(/C=O)Cc1ccccc1. The Labute approximate surface area is 72.7 Å². The summed E-state index contributed by atoms with van der Waals surface area (Å²) in [6.45, 7) is 1.88. The number of carbonyl (C=O) groups is 1. The van der Waals surface area contributed by atoms with E-state index >= 15 is 0 Å². The largest absolute Gasteiger partial charge is 0.298 e. The van der Waals surface area contributed by atoms with E-state index in [1.165, 1.54) is 5.56 Å². The van der Waals surface area contributed by atoms with Crippen LogP contribution in [0.3, 0.4) is 0 Å². The maximum atomic E-state index is 10.5. The maximum Gasteiger partial charge on any atom is 0.146 e. The Kier molecular flexibility index (Phi) is 3.27. The van der Waals surface area contributed by atoms with Crippen LogP contribution in [0.2, 0.25) is 0 Å². The van der Waals surface area contributed by atoms with Crippen LogP contribution < -0.4 is 0 Å². The predicted molar refractivity (Wildman–Crippen MR) is 50.0 cm³/mol. The Morgan fingerprint density at radius 2 is 2.00 bits per heavy atom. The van der Waals surface area contributed by atoms with Crippen molar-refractivity contribution in [1.29, 1.82) is 0 Å². The summed E-state index contributed by atoms with van der Waals surface area (Å²) in [4.78, 5) is 10.5. The Hall–Kier alpha value is -1.37. The van der Waals surface area contributed by atoms with Crippen molar-refractivity contribution in [1.82, 2.24) is 0 Å². The highest BCUT2D eigenvalue weighted by atomic mass is 16.1. The van der Waals surface area contributed by atoms with Gasteiger partial charge in [0.2, 0.25) is 0 Å². The van der Waals surface area contributed by atoms with E-state index in [2.05, 4.69) is 0 Å². The third-order valence-corrected chi connectivity index (χ3v) is 1.77. The zero-order valence-electron chi connectivity index (χ0n) is 7.16. The lowest BCUT2D eigenvalue weighted by molar-refractivity contribution is -0.105. The standard InChI is InChI=1S/C11H12O/c1-2-10(9-12)8-11-6-4-3-5-7-11/h2-7,9H,8H2,1H3/b10-2+. The number of hydrogen-bond donors (Lipinski definition) is 0. The Bertz CT molecular complexity index is 272. The first kappa shape index (κ1) is 8.72. The number of rotatable bonds is 3. The lowest BCUT2D eigenvalue weighted by Crippen LogP contribution is -1.90. The predicted octanol–water partition coefficient (Wildman–Crippen LogP) is 2.37. The Morgan fingerprint density at radius 3 is 2.50 bits per heavy atom. The molecule has 12 heavy (non-hydrogen) atoms. The molecule has 0 atom stereocenters. The van der Waals surface area contributed by atoms with Gasteiger partial charge >= 0.3 is 0 Å². The van der Waals surface area contributed by atoms with Gasteiger partial charge in [-0.15, -0.1) is 0 Å². The summed E-state index contributed by atoms with van der Waals surface area (Å²) in [6.07, 6.45) is 3.49. The van der Waals surface area contributed by atoms with E-state index in [9.17, 15) is 4.79 Å².